The number of halogens is 10. The quantitative estimate of drug-likeness (QED) is 0.253. The first-order valence-corrected chi connectivity index (χ1v) is 12.6. The van der Waals surface area contributed by atoms with Crippen LogP contribution in [0.15, 0.2) is 41.6 Å². The van der Waals surface area contributed by atoms with Gasteiger partial charge >= 0.3 is 24.6 Å². The molecule has 1 unspecified atom stereocenters. The van der Waals surface area contributed by atoms with E-state index in [4.69, 9.17) is 16.4 Å². The number of carbonyl (C=O) groups excluding carboxylic acids is 2. The molecular formula is C26H21ClF9N3O3. The number of aryl methyl sites for hydroxylation is 1. The van der Waals surface area contributed by atoms with Crippen molar-refractivity contribution in [2.24, 2.45) is 5.16 Å². The zero-order chi connectivity index (χ0) is 31.3. The van der Waals surface area contributed by atoms with Crippen LogP contribution in [0.5, 0.6) is 0 Å². The first-order chi connectivity index (χ1) is 19.3. The highest BCUT2D eigenvalue weighted by Crippen LogP contribution is 2.50. The fraction of sp³-hybridized carbons (Fsp3) is 0.423. The van der Waals surface area contributed by atoms with E-state index in [1.54, 1.807) is 0 Å². The van der Waals surface area contributed by atoms with Gasteiger partial charge in [-0.15, -0.1) is 0 Å². The van der Waals surface area contributed by atoms with Crippen molar-refractivity contribution in [2.75, 3.05) is 26.2 Å². The van der Waals surface area contributed by atoms with Crippen molar-refractivity contribution >= 4 is 29.1 Å². The lowest BCUT2D eigenvalue weighted by atomic mass is 9.85. The number of nitrogens with zero attached hydrogens (tertiary/aromatic N) is 3. The van der Waals surface area contributed by atoms with Gasteiger partial charge in [-0.1, -0.05) is 28.9 Å². The number of urea groups is 1. The molecule has 1 atom stereocenters. The van der Waals surface area contributed by atoms with Gasteiger partial charge < -0.3 is 14.6 Å². The van der Waals surface area contributed by atoms with Crippen LogP contribution in [-0.4, -0.2) is 65.9 Å². The van der Waals surface area contributed by atoms with Gasteiger partial charge in [-0.25, -0.2) is 4.79 Å². The molecule has 0 radical (unpaired) electrons. The standard InChI is InChI=1S/C26H21ClF9N3O3/c1-14-7-15(3-4-19(14)21(40)12-38-5-2-6-39(22(38)41)13-24(28,29)30)20-11-23(42-37-20,26(34,35)36)16-8-17(25(31,32)33)10-18(27)9-16/h3-4,7-10H,2,5-6,11-13H2,1H3. The Morgan fingerprint density at radius 3 is 2.26 bits per heavy atom. The number of alkyl halides is 9. The molecule has 2 aromatic carbocycles. The Morgan fingerprint density at radius 1 is 1.00 bits per heavy atom. The van der Waals surface area contributed by atoms with Crippen LogP contribution in [0.25, 0.3) is 0 Å². The highest BCUT2D eigenvalue weighted by atomic mass is 35.5. The minimum atomic E-state index is -5.21. The summed E-state index contributed by atoms with van der Waals surface area (Å²) >= 11 is 5.71. The number of benzene rings is 2. The second-order valence-corrected chi connectivity index (χ2v) is 10.3. The minimum absolute atomic E-state index is 0.0588. The first kappa shape index (κ1) is 31.4. The fourth-order valence-corrected chi connectivity index (χ4v) is 5.05. The minimum Gasteiger partial charge on any atom is -0.374 e. The molecule has 2 aliphatic heterocycles. The molecule has 0 spiro atoms. The van der Waals surface area contributed by atoms with E-state index in [9.17, 15) is 49.1 Å². The third kappa shape index (κ3) is 6.45. The SMILES string of the molecule is Cc1cc(C2=NOC(c3cc(Cl)cc(C(F)(F)F)c3)(C(F)(F)F)C2)ccc1C(=O)CN1CCCN(CC(F)(F)F)C1=O. The molecule has 42 heavy (non-hydrogen) atoms. The van der Waals surface area contributed by atoms with Gasteiger partial charge in [0.1, 0.15) is 6.54 Å². The van der Waals surface area contributed by atoms with Crippen LogP contribution in [0.2, 0.25) is 5.02 Å². The molecule has 2 amide bonds. The first-order valence-electron chi connectivity index (χ1n) is 12.3. The van der Waals surface area contributed by atoms with Crippen LogP contribution in [0.1, 0.15) is 45.5 Å². The molecule has 16 heteroatoms. The lowest BCUT2D eigenvalue weighted by Gasteiger charge is -2.35. The number of hydrogen-bond acceptors (Lipinski definition) is 4. The molecule has 2 aromatic rings. The van der Waals surface area contributed by atoms with E-state index in [1.807, 2.05) is 0 Å². The summed E-state index contributed by atoms with van der Waals surface area (Å²) in [5, 5.41) is 2.93. The molecule has 1 fully saturated rings. The Labute approximate surface area is 237 Å². The smallest absolute Gasteiger partial charge is 0.374 e. The maximum absolute atomic E-state index is 14.3. The van der Waals surface area contributed by atoms with Gasteiger partial charge in [0.15, 0.2) is 5.78 Å². The summed E-state index contributed by atoms with van der Waals surface area (Å²) in [4.78, 5) is 31.7. The third-order valence-electron chi connectivity index (χ3n) is 6.84. The van der Waals surface area contributed by atoms with Crippen molar-refractivity contribution in [1.29, 1.82) is 0 Å². The summed E-state index contributed by atoms with van der Waals surface area (Å²) in [5.74, 6) is -0.617. The Kier molecular flexibility index (Phi) is 8.21. The predicted molar refractivity (Wildman–Crippen MR) is 131 cm³/mol. The van der Waals surface area contributed by atoms with Crippen LogP contribution in [0.3, 0.4) is 0 Å². The third-order valence-corrected chi connectivity index (χ3v) is 7.06. The van der Waals surface area contributed by atoms with Gasteiger partial charge in [-0.2, -0.15) is 39.5 Å². The van der Waals surface area contributed by atoms with E-state index >= 15 is 0 Å². The van der Waals surface area contributed by atoms with Crippen LogP contribution >= 0.6 is 11.6 Å². The molecule has 2 aliphatic rings. The topological polar surface area (TPSA) is 62.2 Å². The zero-order valence-electron chi connectivity index (χ0n) is 21.6. The summed E-state index contributed by atoms with van der Waals surface area (Å²) in [6.07, 6.45) is -15.6. The summed E-state index contributed by atoms with van der Waals surface area (Å²) in [6.45, 7) is -0.591. The van der Waals surface area contributed by atoms with Crippen molar-refractivity contribution in [3.8, 4) is 0 Å². The van der Waals surface area contributed by atoms with E-state index in [-0.39, 0.29) is 41.9 Å². The Hall–Kier alpha value is -3.49. The summed E-state index contributed by atoms with van der Waals surface area (Å²) in [5.41, 5.74) is -5.45. The van der Waals surface area contributed by atoms with Crippen molar-refractivity contribution in [1.82, 2.24) is 9.80 Å². The lowest BCUT2D eigenvalue weighted by molar-refractivity contribution is -0.276. The molecule has 2 heterocycles. The number of amides is 2. The number of oxime groups is 1. The van der Waals surface area contributed by atoms with Crippen molar-refractivity contribution in [2.45, 2.75) is 43.9 Å². The lowest BCUT2D eigenvalue weighted by Crippen LogP contribution is -2.53. The van der Waals surface area contributed by atoms with Crippen LogP contribution < -0.4 is 0 Å². The maximum atomic E-state index is 14.3. The Morgan fingerprint density at radius 2 is 1.67 bits per heavy atom. The van der Waals surface area contributed by atoms with Gasteiger partial charge in [0, 0.05) is 35.7 Å². The average molecular weight is 630 g/mol. The fourth-order valence-electron chi connectivity index (χ4n) is 4.81. The van der Waals surface area contributed by atoms with Crippen molar-refractivity contribution < 1.29 is 53.9 Å². The van der Waals surface area contributed by atoms with E-state index < -0.39 is 71.6 Å². The second kappa shape index (κ2) is 11.0. The highest BCUT2D eigenvalue weighted by molar-refractivity contribution is 6.30. The molecule has 0 saturated carbocycles. The normalized spacial score (nSPS) is 20.1. The number of rotatable bonds is 6. The second-order valence-electron chi connectivity index (χ2n) is 9.90. The number of carbonyl (C=O) groups is 2. The Balaban J connectivity index is 1.55. The van der Waals surface area contributed by atoms with E-state index in [0.717, 1.165) is 4.90 Å². The average Bonchev–Trinajstić information content (AvgIpc) is 3.32. The van der Waals surface area contributed by atoms with Gasteiger partial charge in [-0.05, 0) is 48.7 Å². The zero-order valence-corrected chi connectivity index (χ0v) is 22.3. The Bertz CT molecular complexity index is 1420. The van der Waals surface area contributed by atoms with E-state index in [2.05, 4.69) is 5.16 Å². The highest BCUT2D eigenvalue weighted by Gasteiger charge is 2.62. The molecule has 228 valence electrons. The molecule has 6 nitrogen and oxygen atoms in total. The van der Waals surface area contributed by atoms with E-state index in [1.165, 1.54) is 25.1 Å². The summed E-state index contributed by atoms with van der Waals surface area (Å²) < 4.78 is 121. The van der Waals surface area contributed by atoms with Crippen LogP contribution in [-0.2, 0) is 16.6 Å². The van der Waals surface area contributed by atoms with Gasteiger partial charge in [0.05, 0.1) is 17.8 Å². The van der Waals surface area contributed by atoms with Gasteiger partial charge in [0.25, 0.3) is 5.60 Å². The maximum Gasteiger partial charge on any atom is 0.435 e. The van der Waals surface area contributed by atoms with Gasteiger partial charge in [0.2, 0.25) is 0 Å². The molecule has 4 rings (SSSR count). The predicted octanol–water partition coefficient (Wildman–Crippen LogP) is 7.12. The van der Waals surface area contributed by atoms with Crippen molar-refractivity contribution in [3.63, 3.8) is 0 Å². The van der Waals surface area contributed by atoms with Gasteiger partial charge in [-0.3, -0.25) is 4.79 Å². The van der Waals surface area contributed by atoms with Crippen LogP contribution in [0, 0.1) is 6.92 Å². The molecule has 0 aliphatic carbocycles. The monoisotopic (exact) mass is 629 g/mol. The largest absolute Gasteiger partial charge is 0.435 e. The molecule has 0 aromatic heterocycles. The number of ketones is 1. The number of hydrogen-bond donors (Lipinski definition) is 0. The molecule has 0 bridgehead atoms. The summed E-state index contributed by atoms with van der Waals surface area (Å²) in [6, 6.07) is 4.37. The van der Waals surface area contributed by atoms with E-state index in [0.29, 0.717) is 23.1 Å². The summed E-state index contributed by atoms with van der Waals surface area (Å²) in [7, 11) is 0. The molecular weight excluding hydrogens is 609 g/mol. The number of Topliss-reactive ketones (excluding diaryl/α,β-unsaturated/α-hetero) is 1. The van der Waals surface area contributed by atoms with Crippen LogP contribution in [0.4, 0.5) is 44.3 Å². The molecule has 0 N–H and O–H groups in total. The molecule has 1 saturated heterocycles. The van der Waals surface area contributed by atoms with Crippen molar-refractivity contribution in [3.05, 3.63) is 69.2 Å².